The van der Waals surface area contributed by atoms with Crippen LogP contribution in [0.25, 0.3) is 10.9 Å². The van der Waals surface area contributed by atoms with Crippen molar-refractivity contribution in [2.75, 3.05) is 11.9 Å². The van der Waals surface area contributed by atoms with Crippen molar-refractivity contribution in [3.8, 4) is 0 Å². The van der Waals surface area contributed by atoms with Crippen LogP contribution in [-0.2, 0) is 6.42 Å². The van der Waals surface area contributed by atoms with E-state index in [1.54, 1.807) is 0 Å². The Morgan fingerprint density at radius 3 is 2.44 bits per heavy atom. The van der Waals surface area contributed by atoms with E-state index in [0.717, 1.165) is 17.7 Å². The molecule has 4 heteroatoms. The molecule has 0 unspecified atom stereocenters. The second kappa shape index (κ2) is 7.01. The van der Waals surface area contributed by atoms with Gasteiger partial charge in [0.1, 0.15) is 0 Å². The second-order valence-corrected chi connectivity index (χ2v) is 6.62. The van der Waals surface area contributed by atoms with Crippen molar-refractivity contribution in [1.29, 1.82) is 0 Å². The lowest BCUT2D eigenvalue weighted by Crippen LogP contribution is -2.30. The molecule has 0 saturated heterocycles. The number of benzene rings is 2. The third kappa shape index (κ3) is 3.53. The third-order valence-corrected chi connectivity index (χ3v) is 4.74. The van der Waals surface area contributed by atoms with Gasteiger partial charge in [0.05, 0.1) is 0 Å². The van der Waals surface area contributed by atoms with Gasteiger partial charge in [-0.1, -0.05) is 30.3 Å². The first-order chi connectivity index (χ1) is 12.0. The minimum Gasteiger partial charge on any atom is -0.358 e. The highest BCUT2D eigenvalue weighted by Crippen LogP contribution is 2.28. The number of nitrogens with one attached hydrogen (secondary N) is 3. The first kappa shape index (κ1) is 17.1. The predicted molar refractivity (Wildman–Crippen MR) is 104 cm³/mol. The van der Waals surface area contributed by atoms with E-state index in [0.29, 0.717) is 6.54 Å². The average Bonchev–Trinajstić information content (AvgIpc) is 2.91. The van der Waals surface area contributed by atoms with Gasteiger partial charge in [-0.25, -0.2) is 4.79 Å². The molecule has 3 N–H and O–H groups in total. The lowest BCUT2D eigenvalue weighted by atomic mass is 10.0. The van der Waals surface area contributed by atoms with Gasteiger partial charge in [-0.15, -0.1) is 0 Å². The molecule has 0 saturated carbocycles. The maximum absolute atomic E-state index is 12.1. The van der Waals surface area contributed by atoms with Crippen molar-refractivity contribution >= 4 is 22.6 Å². The van der Waals surface area contributed by atoms with Crippen molar-refractivity contribution in [3.05, 3.63) is 64.3 Å². The molecule has 3 rings (SSSR count). The number of H-pyrrole nitrogens is 1. The fourth-order valence-electron chi connectivity index (χ4n) is 3.30. The molecule has 2 amide bonds. The molecule has 0 atom stereocenters. The number of urea groups is 1. The molecule has 3 aromatic rings. The highest BCUT2D eigenvalue weighted by atomic mass is 16.2. The number of carbonyl (C=O) groups is 1. The summed E-state index contributed by atoms with van der Waals surface area (Å²) in [6.45, 7) is 8.93. The Bertz CT molecular complexity index is 924. The van der Waals surface area contributed by atoms with E-state index in [9.17, 15) is 4.79 Å². The zero-order valence-corrected chi connectivity index (χ0v) is 15.3. The standard InChI is InChI=1S/C21H25N3O/c1-13-7-5-6-8-18(13)24-21(25)22-12-11-17-16(4)23-20-15(3)10-9-14(2)19(17)20/h5-10,23H,11-12H2,1-4H3,(H2,22,24,25). The van der Waals surface area contributed by atoms with Crippen LogP contribution in [0.3, 0.4) is 0 Å². The molecule has 0 bridgehead atoms. The highest BCUT2D eigenvalue weighted by Gasteiger charge is 2.12. The Hall–Kier alpha value is -2.75. The Morgan fingerprint density at radius 2 is 1.68 bits per heavy atom. The summed E-state index contributed by atoms with van der Waals surface area (Å²) in [5.41, 5.74) is 8.08. The number of carbonyl (C=O) groups excluding carboxylic acids is 1. The maximum atomic E-state index is 12.1. The van der Waals surface area contributed by atoms with Crippen molar-refractivity contribution in [2.45, 2.75) is 34.1 Å². The van der Waals surface area contributed by atoms with Gasteiger partial charge in [0, 0.05) is 28.8 Å². The predicted octanol–water partition coefficient (Wildman–Crippen LogP) is 4.77. The van der Waals surface area contributed by atoms with Gasteiger partial charge >= 0.3 is 6.03 Å². The number of hydrogen-bond donors (Lipinski definition) is 3. The first-order valence-electron chi connectivity index (χ1n) is 8.65. The van der Waals surface area contributed by atoms with E-state index in [1.807, 2.05) is 31.2 Å². The summed E-state index contributed by atoms with van der Waals surface area (Å²) in [5, 5.41) is 7.15. The maximum Gasteiger partial charge on any atom is 0.319 e. The number of amides is 2. The summed E-state index contributed by atoms with van der Waals surface area (Å²) in [6.07, 6.45) is 0.803. The largest absolute Gasteiger partial charge is 0.358 e. The summed E-state index contributed by atoms with van der Waals surface area (Å²) < 4.78 is 0. The van der Waals surface area contributed by atoms with Crippen LogP contribution in [0.5, 0.6) is 0 Å². The smallest absolute Gasteiger partial charge is 0.319 e. The van der Waals surface area contributed by atoms with Crippen LogP contribution < -0.4 is 10.6 Å². The number of aromatic amines is 1. The molecule has 2 aromatic carbocycles. The Morgan fingerprint density at radius 1 is 0.960 bits per heavy atom. The molecular weight excluding hydrogens is 310 g/mol. The monoisotopic (exact) mass is 335 g/mol. The Kier molecular flexibility index (Phi) is 4.79. The molecule has 0 fully saturated rings. The highest BCUT2D eigenvalue weighted by molar-refractivity contribution is 5.91. The minimum atomic E-state index is -0.167. The van der Waals surface area contributed by atoms with Gasteiger partial charge < -0.3 is 15.6 Å². The normalized spacial score (nSPS) is 10.9. The van der Waals surface area contributed by atoms with Crippen LogP contribution in [0, 0.1) is 27.7 Å². The van der Waals surface area contributed by atoms with Crippen LogP contribution in [0.4, 0.5) is 10.5 Å². The number of aromatic nitrogens is 1. The topological polar surface area (TPSA) is 56.9 Å². The van der Waals surface area contributed by atoms with E-state index in [4.69, 9.17) is 0 Å². The van der Waals surface area contributed by atoms with Crippen LogP contribution in [0.15, 0.2) is 36.4 Å². The van der Waals surface area contributed by atoms with E-state index in [-0.39, 0.29) is 6.03 Å². The number of fused-ring (bicyclic) bond motifs is 1. The molecular formula is C21H25N3O. The van der Waals surface area contributed by atoms with E-state index in [1.165, 1.54) is 33.3 Å². The number of aryl methyl sites for hydroxylation is 4. The molecule has 0 aliphatic rings. The number of rotatable bonds is 4. The Balaban J connectivity index is 1.67. The molecule has 1 aromatic heterocycles. The van der Waals surface area contributed by atoms with Gasteiger partial charge in [-0.05, 0) is 62.4 Å². The molecule has 1 heterocycles. The lowest BCUT2D eigenvalue weighted by Gasteiger charge is -2.10. The number of anilines is 1. The van der Waals surface area contributed by atoms with Crippen molar-refractivity contribution in [2.24, 2.45) is 0 Å². The quantitative estimate of drug-likeness (QED) is 0.632. The molecule has 0 aliphatic heterocycles. The van der Waals surface area contributed by atoms with E-state index < -0.39 is 0 Å². The van der Waals surface area contributed by atoms with Crippen LogP contribution >= 0.6 is 0 Å². The fourth-order valence-corrected chi connectivity index (χ4v) is 3.30. The minimum absolute atomic E-state index is 0.167. The summed E-state index contributed by atoms with van der Waals surface area (Å²) in [4.78, 5) is 15.6. The summed E-state index contributed by atoms with van der Waals surface area (Å²) >= 11 is 0. The molecule has 0 aliphatic carbocycles. The van der Waals surface area contributed by atoms with E-state index in [2.05, 4.69) is 48.5 Å². The van der Waals surface area contributed by atoms with Crippen molar-refractivity contribution in [3.63, 3.8) is 0 Å². The van der Waals surface area contributed by atoms with Crippen molar-refractivity contribution < 1.29 is 4.79 Å². The fraction of sp³-hybridized carbons (Fsp3) is 0.286. The van der Waals surface area contributed by atoms with Gasteiger partial charge in [-0.2, -0.15) is 0 Å². The Labute approximate surface area is 148 Å². The molecule has 25 heavy (non-hydrogen) atoms. The van der Waals surface area contributed by atoms with Gasteiger partial charge in [-0.3, -0.25) is 0 Å². The molecule has 4 nitrogen and oxygen atoms in total. The second-order valence-electron chi connectivity index (χ2n) is 6.62. The molecule has 0 spiro atoms. The number of hydrogen-bond acceptors (Lipinski definition) is 1. The van der Waals surface area contributed by atoms with Gasteiger partial charge in [0.15, 0.2) is 0 Å². The van der Waals surface area contributed by atoms with Crippen LogP contribution in [0.1, 0.15) is 27.9 Å². The van der Waals surface area contributed by atoms with Crippen LogP contribution in [-0.4, -0.2) is 17.6 Å². The van der Waals surface area contributed by atoms with Gasteiger partial charge in [0.2, 0.25) is 0 Å². The SMILES string of the molecule is Cc1ccccc1NC(=O)NCCc1c(C)[nH]c2c(C)ccc(C)c12. The molecule has 0 radical (unpaired) electrons. The van der Waals surface area contributed by atoms with Crippen LogP contribution in [0.2, 0.25) is 0 Å². The summed E-state index contributed by atoms with van der Waals surface area (Å²) in [5.74, 6) is 0. The first-order valence-corrected chi connectivity index (χ1v) is 8.65. The zero-order valence-electron chi connectivity index (χ0n) is 15.3. The lowest BCUT2D eigenvalue weighted by molar-refractivity contribution is 0.252. The van der Waals surface area contributed by atoms with Gasteiger partial charge in [0.25, 0.3) is 0 Å². The van der Waals surface area contributed by atoms with Crippen molar-refractivity contribution in [1.82, 2.24) is 10.3 Å². The third-order valence-electron chi connectivity index (χ3n) is 4.74. The summed E-state index contributed by atoms with van der Waals surface area (Å²) in [6, 6.07) is 11.9. The zero-order chi connectivity index (χ0) is 18.0. The molecule has 130 valence electrons. The average molecular weight is 335 g/mol. The number of para-hydroxylation sites is 1. The summed E-state index contributed by atoms with van der Waals surface area (Å²) in [7, 11) is 0. The van der Waals surface area contributed by atoms with E-state index >= 15 is 0 Å².